The second-order valence-corrected chi connectivity index (χ2v) is 31.8. The van der Waals surface area contributed by atoms with Gasteiger partial charge in [-0.2, -0.15) is 16.8 Å². The van der Waals surface area contributed by atoms with Crippen LogP contribution in [0.2, 0.25) is 0 Å². The van der Waals surface area contributed by atoms with Crippen LogP contribution in [0.5, 0.6) is 0 Å². The zero-order valence-corrected chi connectivity index (χ0v) is 74.6. The van der Waals surface area contributed by atoms with Crippen LogP contribution < -0.4 is 109 Å². The number of aliphatic hydroxyl groups excluding tert-OH is 21. The van der Waals surface area contributed by atoms with Crippen molar-refractivity contribution >= 4 is 41.4 Å². The first kappa shape index (κ1) is 112. The number of rotatable bonds is 39. The van der Waals surface area contributed by atoms with Crippen LogP contribution in [0.25, 0.3) is 0 Å². The molecular weight excluding hydrogens is 1650 g/mol. The van der Waals surface area contributed by atoms with Crippen molar-refractivity contribution in [3.8, 4) is 0 Å². The van der Waals surface area contributed by atoms with E-state index in [9.17, 15) is 147 Å². The van der Waals surface area contributed by atoms with Crippen molar-refractivity contribution in [2.45, 2.75) is 312 Å². The van der Waals surface area contributed by atoms with E-state index in [4.69, 9.17) is 66.4 Å². The van der Waals surface area contributed by atoms with Gasteiger partial charge in [0.1, 0.15) is 158 Å². The number of nitrogens with one attached hydrogen (secondary N) is 1. The van der Waals surface area contributed by atoms with Gasteiger partial charge in [-0.1, -0.05) is 34.6 Å². The number of methoxy groups -OCH3 is 1. The Morgan fingerprint density at radius 3 is 1.40 bits per heavy atom. The number of aliphatic hydroxyl groups is 21. The van der Waals surface area contributed by atoms with Crippen molar-refractivity contribution in [2.75, 3.05) is 72.8 Å². The number of hydrogen-bond acceptors (Lipinski definition) is 45. The third kappa shape index (κ3) is 27.1. The summed E-state index contributed by atoms with van der Waals surface area (Å²) in [5.74, 6) is -20.3. The quantitative estimate of drug-likeness (QED) is 0.0154. The summed E-state index contributed by atoms with van der Waals surface area (Å²) in [6.45, 7) is 3.16. The Hall–Kier alpha value is -0.540. The van der Waals surface area contributed by atoms with Crippen molar-refractivity contribution in [2.24, 2.45) is 17.8 Å². The fraction of sp³-hybridized carbons (Fsp3) is 0.928. The predicted octanol–water partition coefficient (Wildman–Crippen LogP) is -23.9. The molecule has 7 heterocycles. The van der Waals surface area contributed by atoms with E-state index in [-0.39, 0.29) is 101 Å². The maximum atomic E-state index is 13.4. The van der Waals surface area contributed by atoms with Gasteiger partial charge in [0.2, 0.25) is 23.3 Å². The summed E-state index contributed by atoms with van der Waals surface area (Å²) in [6.07, 6.45) is -59.2. The van der Waals surface area contributed by atoms with Crippen LogP contribution in [0, 0.1) is 17.8 Å². The normalized spacial score (nSPS) is 40.5. The summed E-state index contributed by atoms with van der Waals surface area (Å²) in [4.78, 5) is 69.7. The molecule has 7 aliphatic rings. The molecule has 49 heteroatoms. The maximum absolute atomic E-state index is 13.4. The molecule has 7 aliphatic heterocycles. The van der Waals surface area contributed by atoms with Gasteiger partial charge in [-0.25, -0.2) is 0 Å². The van der Waals surface area contributed by atoms with Gasteiger partial charge in [0.15, 0.2) is 18.8 Å². The molecule has 0 saturated carbocycles. The number of carbonyl (C=O) groups is 5. The number of carbonyl (C=O) groups excluding carboxylic acids is 5. The minimum Gasteiger partial charge on any atom is -0.544 e. The molecular formula is C69H117N2Na3O43S. The Kier molecular flexibility index (Phi) is 47.7. The van der Waals surface area contributed by atoms with Crippen LogP contribution in [-0.2, 0) is 90.4 Å². The molecule has 0 radical (unpaired) electrons. The van der Waals surface area contributed by atoms with Gasteiger partial charge in [-0.15, -0.1) is 0 Å². The monoisotopic (exact) mass is 1760 g/mol. The standard InChI is InChI=1S/C51H85NO36.C18H35NO7S.3Na/c1-15-20(60)6-49(46(72)73,84-37(15)31(66)23(63)9-53)83-27(13-57)35(70)39-17(3)22(62)7-50(86-39,47(74)75)87-42-34(69)26(12-56)80-45(36(42)71)82-41-29(52-19(5)59)44(79-25(11-55)33(41)68)81-40-28(14-58)78-18(4)30(65)43(40)88-51(48(76)77)8-21(61)16(2)38(85-51)32(67)24(64)10-54;1-12(2)27-10-6-8-13(21)7-5-9-25-19(3)18-16(23)15(22)17(24-4)14(11-20)26-18;;;/h15-18,20-45,53-58,60-71H,6-14H2,1-5H3,(H,52,59)(H,72,73)(H,74,75)(H,76,77);12,14-18,20,22-23H,5-11H2,1-4H3;;;/q;;3*+1/p-3/t15-,16-,17-,18+,20?,21?,22?,23-,24-,25?,26?,27-,28?,29?,30?,31-,32-,33+,34+,35-,36?,37-,38-,39-,40+,41-,42+,43-,44+,45+,49-,50+,51+;14?,15-,16?,17-,18-;;;/m11.../s1. The van der Waals surface area contributed by atoms with Gasteiger partial charge >= 0.3 is 88.7 Å². The second-order valence-electron chi connectivity index (χ2n) is 30.1. The zero-order chi connectivity index (χ0) is 86.4. The van der Waals surface area contributed by atoms with E-state index in [1.54, 1.807) is 7.05 Å². The number of nitrogens with zero attached hydrogens (tertiary/aromatic N) is 1. The summed E-state index contributed by atoms with van der Waals surface area (Å²) in [6, 6.07) is -1.98. The predicted molar refractivity (Wildman–Crippen MR) is 371 cm³/mol. The molecule has 45 nitrogen and oxygen atoms in total. The summed E-state index contributed by atoms with van der Waals surface area (Å²) in [5.41, 5.74) is 0. The number of thioether (sulfide) groups is 1. The first-order valence-corrected chi connectivity index (χ1v) is 38.8. The van der Waals surface area contributed by atoms with Gasteiger partial charge in [0.25, 0.3) is 0 Å². The Morgan fingerprint density at radius 1 is 0.517 bits per heavy atom. The molecule has 11 unspecified atom stereocenters. The second kappa shape index (κ2) is 50.4. The van der Waals surface area contributed by atoms with Crippen LogP contribution in [0.4, 0.5) is 0 Å². The molecule has 1 amide bonds. The molecule has 0 aromatic rings. The molecule has 670 valence electrons. The molecule has 0 spiro atoms. The third-order valence-corrected chi connectivity index (χ3v) is 22.8. The number of ether oxygens (including phenoxy) is 13. The summed E-state index contributed by atoms with van der Waals surface area (Å²) in [5, 5.41) is 269. The number of Topliss-reactive ketones (excluding diaryl/α,β-unsaturated/α-hetero) is 1. The first-order valence-electron chi connectivity index (χ1n) is 37.7. The maximum Gasteiger partial charge on any atom is 1.00 e. The van der Waals surface area contributed by atoms with Crippen molar-refractivity contribution in [3.05, 3.63) is 0 Å². The smallest absolute Gasteiger partial charge is 0.544 e. The molecule has 7 rings (SSSR count). The topological polar surface area (TPSA) is 724 Å². The van der Waals surface area contributed by atoms with Crippen LogP contribution in [0.1, 0.15) is 93.4 Å². The molecule has 38 atom stereocenters. The van der Waals surface area contributed by atoms with E-state index < -0.39 is 314 Å². The SMILES string of the molecule is CC(=O)NC1[C@H](O[C@H]2C(CO)O[C@@H](C)C(O)[C@H]2O[C@]2(C(=O)[O-])CC(O)[C@@H](C)[C@H]([C@H](O)[C@H](O)CO)O2)OC(CO)[C@H](O)[C@@H]1O[C@@H]1OC(CO)[C@H](O)[C@H](O[C@]2(C(=O)[O-])CC(O)[C@@H](C)[C@H]([C@H](O)[C@@H](CO)O[C@]3(C(=O)[O-])CC(O)[C@@H](C)[C@H]([C@H](O)[C@H](O)CO)O3)O2)C1O.CO[C@@H]1C(CO)O[C@@H](N(C)OCCCC(=O)CCCSC(C)C)C(O)[C@H]1O.[Na+].[Na+].[Na+]. The van der Waals surface area contributed by atoms with Crippen molar-refractivity contribution in [1.82, 2.24) is 10.4 Å². The number of hydroxylamine groups is 2. The summed E-state index contributed by atoms with van der Waals surface area (Å²) < 4.78 is 74.6. The number of amides is 1. The van der Waals surface area contributed by atoms with Gasteiger partial charge < -0.3 is 204 Å². The number of carboxylic acids is 3. The van der Waals surface area contributed by atoms with Crippen molar-refractivity contribution in [1.29, 1.82) is 0 Å². The van der Waals surface area contributed by atoms with E-state index in [2.05, 4.69) is 19.2 Å². The number of ketones is 1. The van der Waals surface area contributed by atoms with Crippen LogP contribution >= 0.6 is 11.8 Å². The van der Waals surface area contributed by atoms with Crippen LogP contribution in [-0.4, -0.2) is 433 Å². The van der Waals surface area contributed by atoms with Gasteiger partial charge in [-0.05, 0) is 30.8 Å². The average molecular weight is 1760 g/mol. The molecule has 0 aromatic carbocycles. The minimum absolute atomic E-state index is 0. The van der Waals surface area contributed by atoms with Gasteiger partial charge in [0.05, 0.1) is 95.6 Å². The van der Waals surface area contributed by atoms with E-state index in [1.165, 1.54) is 32.9 Å². The van der Waals surface area contributed by atoms with Crippen LogP contribution in [0.3, 0.4) is 0 Å². The number of aliphatic carboxylic acids is 3. The third-order valence-electron chi connectivity index (χ3n) is 21.6. The number of carboxylic acid groups (broad SMARTS) is 3. The molecule has 7 fully saturated rings. The molecule has 0 bridgehead atoms. The van der Waals surface area contributed by atoms with Crippen molar-refractivity contribution < 1.29 is 302 Å². The van der Waals surface area contributed by atoms with Crippen molar-refractivity contribution in [3.63, 3.8) is 0 Å². The number of likely N-dealkylation sites (N-methyl/N-ethyl adjacent to an activating group) is 1. The first-order chi connectivity index (χ1) is 54.0. The Bertz CT molecular complexity index is 3020. The van der Waals surface area contributed by atoms with E-state index >= 15 is 0 Å². The summed E-state index contributed by atoms with van der Waals surface area (Å²) >= 11 is 1.86. The Labute approximate surface area is 750 Å². The zero-order valence-electron chi connectivity index (χ0n) is 67.8. The van der Waals surface area contributed by atoms with E-state index in [0.29, 0.717) is 31.1 Å². The Morgan fingerprint density at radius 2 is 0.949 bits per heavy atom. The Balaban J connectivity index is 0.00000102. The fourth-order valence-electron chi connectivity index (χ4n) is 14.7. The average Bonchev–Trinajstić information content (AvgIpc) is 0.754. The molecule has 22 N–H and O–H groups in total. The van der Waals surface area contributed by atoms with E-state index in [1.807, 2.05) is 11.8 Å². The fourth-order valence-corrected chi connectivity index (χ4v) is 15.4. The van der Waals surface area contributed by atoms with Gasteiger partial charge in [-0.3, -0.25) is 14.4 Å². The molecule has 118 heavy (non-hydrogen) atoms. The van der Waals surface area contributed by atoms with Crippen LogP contribution in [0.15, 0.2) is 0 Å². The van der Waals surface area contributed by atoms with Gasteiger partial charge in [0, 0.05) is 70.9 Å². The largest absolute Gasteiger partial charge is 1.00 e. The molecule has 0 aromatic heterocycles. The number of hydrogen-bond donors (Lipinski definition) is 22. The molecule has 7 saturated heterocycles. The summed E-state index contributed by atoms with van der Waals surface area (Å²) in [7, 11) is 2.96. The minimum atomic E-state index is -3.44. The van der Waals surface area contributed by atoms with E-state index in [0.717, 1.165) is 26.0 Å². The molecule has 0 aliphatic carbocycles.